The second kappa shape index (κ2) is 6.26. The van der Waals surface area contributed by atoms with Crippen molar-refractivity contribution in [2.75, 3.05) is 0 Å². The van der Waals surface area contributed by atoms with Crippen molar-refractivity contribution in [2.45, 2.75) is 52.1 Å². The summed E-state index contributed by atoms with van der Waals surface area (Å²) in [5.74, 6) is -1.27. The molecule has 1 rings (SSSR count). The van der Waals surface area contributed by atoms with E-state index in [1.54, 1.807) is 0 Å². The van der Waals surface area contributed by atoms with E-state index in [0.717, 1.165) is 0 Å². The van der Waals surface area contributed by atoms with Gasteiger partial charge in [0, 0.05) is 0 Å². The molecule has 0 aromatic rings. The molecule has 4 nitrogen and oxygen atoms in total. The lowest BCUT2D eigenvalue weighted by Crippen LogP contribution is -2.41. The summed E-state index contributed by atoms with van der Waals surface area (Å²) in [5.41, 5.74) is 0. The third-order valence-corrected chi connectivity index (χ3v) is 4.48. The van der Waals surface area contributed by atoms with Gasteiger partial charge in [0.25, 0.3) is 11.9 Å². The largest absolute Gasteiger partial charge is 0.520 e. The smallest absolute Gasteiger partial charge is 0.296 e. The molecule has 0 heterocycles. The Labute approximate surface area is 123 Å². The zero-order valence-electron chi connectivity index (χ0n) is 13.4. The number of carbonyl (C=O) groups excluding carboxylic acids is 2. The van der Waals surface area contributed by atoms with Gasteiger partial charge in [0.1, 0.15) is 0 Å². The molecule has 114 valence electrons. The molecule has 0 fully saturated rings. The summed E-state index contributed by atoms with van der Waals surface area (Å²) in [6.45, 7) is 11.8. The van der Waals surface area contributed by atoms with E-state index in [1.165, 1.54) is 0 Å². The lowest BCUT2D eigenvalue weighted by Gasteiger charge is -2.30. The van der Waals surface area contributed by atoms with E-state index in [4.69, 9.17) is 8.85 Å². The summed E-state index contributed by atoms with van der Waals surface area (Å²) in [7, 11) is -3.87. The fraction of sp³-hybridized carbons (Fsp3) is 0.714. The second-order valence-electron chi connectivity index (χ2n) is 7.22. The normalized spacial score (nSPS) is 23.3. The minimum atomic E-state index is -1.93. The van der Waals surface area contributed by atoms with Crippen LogP contribution in [0.2, 0.25) is 39.3 Å². The molecule has 0 N–H and O–H groups in total. The van der Waals surface area contributed by atoms with Crippen LogP contribution in [-0.2, 0) is 18.4 Å². The lowest BCUT2D eigenvalue weighted by molar-refractivity contribution is -0.151. The van der Waals surface area contributed by atoms with Gasteiger partial charge in [0.2, 0.25) is 16.6 Å². The van der Waals surface area contributed by atoms with Crippen molar-refractivity contribution in [1.82, 2.24) is 0 Å². The van der Waals surface area contributed by atoms with Gasteiger partial charge in [0.15, 0.2) is 0 Å². The molecule has 1 aliphatic rings. The van der Waals surface area contributed by atoms with Crippen LogP contribution in [-0.4, -0.2) is 28.6 Å². The summed E-state index contributed by atoms with van der Waals surface area (Å²) in [4.78, 5) is 24.6. The molecular formula is C14H26O4Si2. The van der Waals surface area contributed by atoms with Crippen LogP contribution in [0.15, 0.2) is 12.2 Å². The Bertz CT molecular complexity index is 366. The monoisotopic (exact) mass is 314 g/mol. The van der Waals surface area contributed by atoms with Crippen LogP contribution < -0.4 is 0 Å². The maximum absolute atomic E-state index is 12.3. The topological polar surface area (TPSA) is 52.6 Å². The first-order valence-electron chi connectivity index (χ1n) is 7.10. The Hall–Kier alpha value is -0.886. The van der Waals surface area contributed by atoms with Gasteiger partial charge in [-0.15, -0.1) is 0 Å². The molecule has 20 heavy (non-hydrogen) atoms. The Morgan fingerprint density at radius 2 is 1.10 bits per heavy atom. The maximum atomic E-state index is 12.3. The first-order valence-corrected chi connectivity index (χ1v) is 13.9. The highest BCUT2D eigenvalue weighted by atomic mass is 28.4. The zero-order chi connectivity index (χ0) is 15.6. The molecule has 1 aliphatic carbocycles. The Balaban J connectivity index is 2.80. The van der Waals surface area contributed by atoms with E-state index < -0.39 is 28.5 Å². The molecule has 0 bridgehead atoms. The van der Waals surface area contributed by atoms with Gasteiger partial charge < -0.3 is 8.85 Å². The van der Waals surface area contributed by atoms with E-state index in [0.29, 0.717) is 12.8 Å². The van der Waals surface area contributed by atoms with Gasteiger partial charge in [-0.2, -0.15) is 0 Å². The van der Waals surface area contributed by atoms with E-state index in [-0.39, 0.29) is 11.9 Å². The fourth-order valence-corrected chi connectivity index (χ4v) is 3.60. The van der Waals surface area contributed by atoms with Crippen molar-refractivity contribution in [3.8, 4) is 0 Å². The summed E-state index contributed by atoms with van der Waals surface area (Å²) in [6.07, 6.45) is 5.03. The second-order valence-corrected chi connectivity index (χ2v) is 16.1. The predicted molar refractivity (Wildman–Crippen MR) is 84.2 cm³/mol. The van der Waals surface area contributed by atoms with Crippen molar-refractivity contribution >= 4 is 28.6 Å². The molecule has 0 aromatic carbocycles. The first kappa shape index (κ1) is 17.2. The number of hydrogen-bond donors (Lipinski definition) is 0. The van der Waals surface area contributed by atoms with E-state index in [1.807, 2.05) is 51.4 Å². The number of allylic oxidation sites excluding steroid dienone is 2. The lowest BCUT2D eigenvalue weighted by atomic mass is 9.83. The zero-order valence-corrected chi connectivity index (χ0v) is 15.4. The third-order valence-electron chi connectivity index (χ3n) is 2.85. The van der Waals surface area contributed by atoms with Crippen molar-refractivity contribution in [1.29, 1.82) is 0 Å². The standard InChI is InChI=1S/C14H26O4Si2/c1-19(2,3)17-13(15)11-9-7-8-10-12(11)14(16)18-20(4,5)6/h7-8,11-12H,9-10H2,1-6H3. The van der Waals surface area contributed by atoms with Crippen molar-refractivity contribution in [3.05, 3.63) is 12.2 Å². The molecule has 2 atom stereocenters. The summed E-state index contributed by atoms with van der Waals surface area (Å²) >= 11 is 0. The highest BCUT2D eigenvalue weighted by molar-refractivity contribution is 6.71. The van der Waals surface area contributed by atoms with E-state index in [9.17, 15) is 9.59 Å². The highest BCUT2D eigenvalue weighted by Gasteiger charge is 2.39. The Morgan fingerprint density at radius 3 is 1.35 bits per heavy atom. The quantitative estimate of drug-likeness (QED) is 0.590. The van der Waals surface area contributed by atoms with E-state index >= 15 is 0 Å². The van der Waals surface area contributed by atoms with Gasteiger partial charge in [-0.05, 0) is 52.1 Å². The van der Waals surface area contributed by atoms with Crippen LogP contribution in [0.25, 0.3) is 0 Å². The molecule has 0 spiro atoms. The van der Waals surface area contributed by atoms with Crippen LogP contribution in [0.4, 0.5) is 0 Å². The van der Waals surface area contributed by atoms with Gasteiger partial charge in [-0.25, -0.2) is 0 Å². The number of hydrogen-bond acceptors (Lipinski definition) is 4. The van der Waals surface area contributed by atoms with Gasteiger partial charge in [0.05, 0.1) is 11.8 Å². The molecule has 0 saturated carbocycles. The van der Waals surface area contributed by atoms with Gasteiger partial charge in [-0.1, -0.05) is 12.2 Å². The molecule has 0 saturated heterocycles. The number of rotatable bonds is 4. The summed E-state index contributed by atoms with van der Waals surface area (Å²) in [5, 5.41) is 0. The van der Waals surface area contributed by atoms with Crippen LogP contribution in [0.1, 0.15) is 12.8 Å². The van der Waals surface area contributed by atoms with Crippen LogP contribution >= 0.6 is 0 Å². The van der Waals surface area contributed by atoms with Crippen molar-refractivity contribution < 1.29 is 18.4 Å². The Morgan fingerprint density at radius 1 is 0.800 bits per heavy atom. The molecular weight excluding hydrogens is 288 g/mol. The fourth-order valence-electron chi connectivity index (χ4n) is 2.09. The summed E-state index contributed by atoms with van der Waals surface area (Å²) < 4.78 is 11.1. The van der Waals surface area contributed by atoms with Crippen LogP contribution in [0.5, 0.6) is 0 Å². The molecule has 0 aromatic heterocycles. The minimum absolute atomic E-state index is 0.244. The highest BCUT2D eigenvalue weighted by Crippen LogP contribution is 2.29. The van der Waals surface area contributed by atoms with E-state index in [2.05, 4.69) is 0 Å². The molecule has 6 heteroatoms. The summed E-state index contributed by atoms with van der Waals surface area (Å²) in [6, 6.07) is 0. The van der Waals surface area contributed by atoms with Crippen molar-refractivity contribution in [3.63, 3.8) is 0 Å². The van der Waals surface area contributed by atoms with Crippen LogP contribution in [0.3, 0.4) is 0 Å². The maximum Gasteiger partial charge on any atom is 0.296 e. The minimum Gasteiger partial charge on any atom is -0.520 e. The van der Waals surface area contributed by atoms with Gasteiger partial charge >= 0.3 is 0 Å². The molecule has 2 unspecified atom stereocenters. The number of carbonyl (C=O) groups is 2. The average Bonchev–Trinajstić information content (AvgIpc) is 2.24. The van der Waals surface area contributed by atoms with Crippen LogP contribution in [0, 0.1) is 11.8 Å². The predicted octanol–water partition coefficient (Wildman–Crippen LogP) is 3.33. The van der Waals surface area contributed by atoms with Crippen molar-refractivity contribution in [2.24, 2.45) is 11.8 Å². The van der Waals surface area contributed by atoms with Gasteiger partial charge in [-0.3, -0.25) is 9.59 Å². The SMILES string of the molecule is C[Si](C)(C)OC(=O)C1CC=CCC1C(=O)O[Si](C)(C)C. The third kappa shape index (κ3) is 5.62. The molecule has 0 amide bonds. The molecule has 0 radical (unpaired) electrons. The first-order chi connectivity index (χ1) is 8.99. The average molecular weight is 315 g/mol. The Kier molecular flexibility index (Phi) is 5.37. The molecule has 0 aliphatic heterocycles.